The minimum atomic E-state index is 0.264. The summed E-state index contributed by atoms with van der Waals surface area (Å²) in [5.41, 5.74) is 0. The molecule has 1 fully saturated rings. The molecule has 0 unspecified atom stereocenters. The Morgan fingerprint density at radius 3 is 3.27 bits per heavy atom. The molecule has 0 aromatic carbocycles. The summed E-state index contributed by atoms with van der Waals surface area (Å²) in [4.78, 5) is 0. The molecule has 0 aromatic heterocycles. The summed E-state index contributed by atoms with van der Waals surface area (Å²) in [6.45, 7) is 3.20. The van der Waals surface area contributed by atoms with Gasteiger partial charge in [0.1, 0.15) is 0 Å². The van der Waals surface area contributed by atoms with Crippen molar-refractivity contribution in [3.8, 4) is 0 Å². The van der Waals surface area contributed by atoms with Crippen molar-refractivity contribution in [2.75, 3.05) is 26.4 Å². The highest BCUT2D eigenvalue weighted by molar-refractivity contribution is 4.92. The summed E-state index contributed by atoms with van der Waals surface area (Å²) in [5.74, 6) is 0. The molecule has 0 saturated carbocycles. The molecule has 3 heteroatoms. The van der Waals surface area contributed by atoms with Crippen molar-refractivity contribution in [2.24, 2.45) is 0 Å². The van der Waals surface area contributed by atoms with Crippen molar-refractivity contribution < 1.29 is 9.47 Å². The van der Waals surface area contributed by atoms with Crippen LogP contribution in [0, 0.1) is 0 Å². The molecular weight excluding hydrogens is 142 g/mol. The second-order valence-electron chi connectivity index (χ2n) is 2.90. The van der Waals surface area contributed by atoms with Crippen molar-refractivity contribution >= 4 is 0 Å². The van der Waals surface area contributed by atoms with Gasteiger partial charge in [0.2, 0.25) is 0 Å². The molecule has 3 nitrogen and oxygen atoms in total. The van der Waals surface area contributed by atoms with Gasteiger partial charge in [-0.25, -0.2) is 0 Å². The summed E-state index contributed by atoms with van der Waals surface area (Å²) in [6, 6.07) is 0.403. The number of nitrogens with one attached hydrogen (secondary N) is 1. The van der Waals surface area contributed by atoms with Gasteiger partial charge in [-0.3, -0.25) is 0 Å². The van der Waals surface area contributed by atoms with E-state index >= 15 is 0 Å². The Morgan fingerprint density at radius 1 is 1.27 bits per heavy atom. The first-order chi connectivity index (χ1) is 5.47. The Labute approximate surface area is 66.4 Å². The number of hydrogen-bond donors (Lipinski definition) is 1. The van der Waals surface area contributed by atoms with Crippen molar-refractivity contribution in [2.45, 2.75) is 12.1 Å². The van der Waals surface area contributed by atoms with E-state index in [1.807, 2.05) is 6.08 Å². The zero-order valence-electron chi connectivity index (χ0n) is 6.45. The molecule has 11 heavy (non-hydrogen) atoms. The van der Waals surface area contributed by atoms with E-state index in [2.05, 4.69) is 11.4 Å². The average Bonchev–Trinajstić information content (AvgIpc) is 2.35. The number of fused-ring (bicyclic) bond motifs is 1. The topological polar surface area (TPSA) is 30.5 Å². The third kappa shape index (κ3) is 1.61. The summed E-state index contributed by atoms with van der Waals surface area (Å²) in [5, 5.41) is 3.35. The largest absolute Gasteiger partial charge is 0.377 e. The van der Waals surface area contributed by atoms with E-state index in [-0.39, 0.29) is 6.10 Å². The van der Waals surface area contributed by atoms with Crippen LogP contribution >= 0.6 is 0 Å². The highest BCUT2D eigenvalue weighted by Crippen LogP contribution is 2.10. The number of hydrogen-bond acceptors (Lipinski definition) is 3. The molecule has 2 atom stereocenters. The van der Waals surface area contributed by atoms with Crippen LogP contribution in [0.3, 0.4) is 0 Å². The molecule has 0 aliphatic carbocycles. The average molecular weight is 155 g/mol. The van der Waals surface area contributed by atoms with Crippen molar-refractivity contribution in [3.05, 3.63) is 12.2 Å². The maximum Gasteiger partial charge on any atom is 0.0987 e. The van der Waals surface area contributed by atoms with E-state index in [0.717, 1.165) is 26.4 Å². The van der Waals surface area contributed by atoms with Crippen molar-refractivity contribution in [1.82, 2.24) is 5.32 Å². The fraction of sp³-hybridized carbons (Fsp3) is 0.750. The van der Waals surface area contributed by atoms with Crippen LogP contribution in [-0.2, 0) is 9.47 Å². The smallest absolute Gasteiger partial charge is 0.0987 e. The lowest BCUT2D eigenvalue weighted by molar-refractivity contribution is 0.0495. The van der Waals surface area contributed by atoms with Gasteiger partial charge < -0.3 is 14.8 Å². The van der Waals surface area contributed by atoms with Gasteiger partial charge >= 0.3 is 0 Å². The molecule has 2 rings (SSSR count). The fourth-order valence-corrected chi connectivity index (χ4v) is 1.44. The van der Waals surface area contributed by atoms with Crippen LogP contribution in [0.2, 0.25) is 0 Å². The molecule has 0 bridgehead atoms. The molecule has 2 aliphatic rings. The van der Waals surface area contributed by atoms with Crippen LogP contribution in [0.4, 0.5) is 0 Å². The van der Waals surface area contributed by atoms with E-state index in [0.29, 0.717) is 6.04 Å². The van der Waals surface area contributed by atoms with E-state index in [1.54, 1.807) is 0 Å². The number of rotatable bonds is 0. The monoisotopic (exact) mass is 155 g/mol. The lowest BCUT2D eigenvalue weighted by Gasteiger charge is -2.19. The Balaban J connectivity index is 1.97. The van der Waals surface area contributed by atoms with Gasteiger partial charge in [0.25, 0.3) is 0 Å². The van der Waals surface area contributed by atoms with Crippen molar-refractivity contribution in [1.29, 1.82) is 0 Å². The molecule has 2 heterocycles. The molecule has 0 radical (unpaired) electrons. The summed E-state index contributed by atoms with van der Waals surface area (Å²) in [7, 11) is 0. The lowest BCUT2D eigenvalue weighted by Crippen LogP contribution is -2.41. The number of ether oxygens (including phenoxy) is 2. The first kappa shape index (κ1) is 7.28. The van der Waals surface area contributed by atoms with Crippen LogP contribution in [0.1, 0.15) is 0 Å². The van der Waals surface area contributed by atoms with Gasteiger partial charge in [-0.1, -0.05) is 12.2 Å². The van der Waals surface area contributed by atoms with E-state index in [9.17, 15) is 0 Å². The van der Waals surface area contributed by atoms with Gasteiger partial charge in [0, 0.05) is 6.54 Å². The molecule has 0 aromatic rings. The Hall–Kier alpha value is -0.380. The molecule has 1 N–H and O–H groups in total. The van der Waals surface area contributed by atoms with E-state index in [4.69, 9.17) is 9.47 Å². The molecule has 1 saturated heterocycles. The molecule has 2 aliphatic heterocycles. The third-order valence-corrected chi connectivity index (χ3v) is 2.10. The van der Waals surface area contributed by atoms with Crippen LogP contribution in [-0.4, -0.2) is 38.5 Å². The lowest BCUT2D eigenvalue weighted by atomic mass is 10.2. The van der Waals surface area contributed by atoms with Crippen LogP contribution in [0.25, 0.3) is 0 Å². The third-order valence-electron chi connectivity index (χ3n) is 2.10. The van der Waals surface area contributed by atoms with Gasteiger partial charge in [0.05, 0.1) is 32.0 Å². The Bertz CT molecular complexity index is 142. The predicted octanol–water partition coefficient (Wildman–Crippen LogP) is -0.0702. The van der Waals surface area contributed by atoms with Gasteiger partial charge in [0.15, 0.2) is 0 Å². The Kier molecular flexibility index (Phi) is 2.21. The molecule has 0 spiro atoms. The van der Waals surface area contributed by atoms with E-state index in [1.165, 1.54) is 0 Å². The minimum absolute atomic E-state index is 0.264. The zero-order valence-corrected chi connectivity index (χ0v) is 6.45. The predicted molar refractivity (Wildman–Crippen MR) is 41.5 cm³/mol. The fourth-order valence-electron chi connectivity index (χ4n) is 1.44. The van der Waals surface area contributed by atoms with Gasteiger partial charge in [-0.05, 0) is 0 Å². The highest BCUT2D eigenvalue weighted by Gasteiger charge is 2.28. The minimum Gasteiger partial charge on any atom is -0.377 e. The molecule has 62 valence electrons. The van der Waals surface area contributed by atoms with Crippen LogP contribution < -0.4 is 5.32 Å². The van der Waals surface area contributed by atoms with E-state index < -0.39 is 0 Å². The maximum atomic E-state index is 5.53. The standard InChI is InChI=1S/C8H13NO2/c1-2-4-11-8-6-10-5-7(8)9-3-1/h1-2,7-9H,3-6H2/t7-,8-/m0/s1. The second kappa shape index (κ2) is 3.34. The summed E-state index contributed by atoms with van der Waals surface area (Å²) >= 11 is 0. The molecule has 0 amide bonds. The quantitative estimate of drug-likeness (QED) is 0.497. The summed E-state index contributed by atoms with van der Waals surface area (Å²) < 4.78 is 10.8. The highest BCUT2D eigenvalue weighted by atomic mass is 16.5. The van der Waals surface area contributed by atoms with Gasteiger partial charge in [-0.2, -0.15) is 0 Å². The molecular formula is C8H13NO2. The summed E-state index contributed by atoms with van der Waals surface area (Å²) in [6.07, 6.45) is 4.40. The van der Waals surface area contributed by atoms with Gasteiger partial charge in [-0.15, -0.1) is 0 Å². The normalized spacial score (nSPS) is 37.8. The van der Waals surface area contributed by atoms with Crippen LogP contribution in [0.5, 0.6) is 0 Å². The Morgan fingerprint density at radius 2 is 2.27 bits per heavy atom. The first-order valence-electron chi connectivity index (χ1n) is 4.04. The zero-order chi connectivity index (χ0) is 7.52. The second-order valence-corrected chi connectivity index (χ2v) is 2.90. The van der Waals surface area contributed by atoms with Crippen LogP contribution in [0.15, 0.2) is 12.2 Å². The maximum absolute atomic E-state index is 5.53. The van der Waals surface area contributed by atoms with Crippen molar-refractivity contribution in [3.63, 3.8) is 0 Å². The SMILES string of the molecule is C1=CCO[C@H]2COC[C@@H]2NC1. The first-order valence-corrected chi connectivity index (χ1v) is 4.04.